The molecule has 0 radical (unpaired) electrons. The Morgan fingerprint density at radius 1 is 0.968 bits per heavy atom. The predicted molar refractivity (Wildman–Crippen MR) is 114 cm³/mol. The third-order valence-corrected chi connectivity index (χ3v) is 4.73. The molecular formula is C21H15N5O5. The van der Waals surface area contributed by atoms with E-state index in [0.717, 1.165) is 35.2 Å². The molecule has 0 aliphatic rings. The standard InChI is InChI=1S/C21H15N5O5/c1-13-22-18-11-14(7-10-19(18)24(13)15-5-3-2-4-6-15)23-21(27)17-9-8-16(25(28)29)12-20(17)26(30)31/h2-12H,1H3,(H,23,27). The van der Waals surface area contributed by atoms with Crippen molar-refractivity contribution in [3.63, 3.8) is 0 Å². The Labute approximate surface area is 175 Å². The van der Waals surface area contributed by atoms with Crippen LogP contribution in [0.2, 0.25) is 0 Å². The van der Waals surface area contributed by atoms with Gasteiger partial charge in [0.05, 0.1) is 26.9 Å². The Morgan fingerprint density at radius 2 is 1.71 bits per heavy atom. The van der Waals surface area contributed by atoms with Gasteiger partial charge < -0.3 is 5.32 Å². The van der Waals surface area contributed by atoms with E-state index in [9.17, 15) is 25.0 Å². The molecule has 0 atom stereocenters. The first-order valence-corrected chi connectivity index (χ1v) is 9.14. The monoisotopic (exact) mass is 417 g/mol. The largest absolute Gasteiger partial charge is 0.322 e. The van der Waals surface area contributed by atoms with Crippen molar-refractivity contribution in [2.75, 3.05) is 5.32 Å². The molecule has 1 heterocycles. The maximum absolute atomic E-state index is 12.6. The minimum atomic E-state index is -0.823. The van der Waals surface area contributed by atoms with Crippen molar-refractivity contribution in [3.05, 3.63) is 98.3 Å². The lowest BCUT2D eigenvalue weighted by molar-refractivity contribution is -0.394. The first-order chi connectivity index (χ1) is 14.8. The van der Waals surface area contributed by atoms with Crippen LogP contribution < -0.4 is 5.32 Å². The predicted octanol–water partition coefficient (Wildman–Crippen LogP) is 4.40. The fourth-order valence-electron chi connectivity index (χ4n) is 3.36. The summed E-state index contributed by atoms with van der Waals surface area (Å²) in [5.41, 5.74) is 1.43. The van der Waals surface area contributed by atoms with E-state index in [1.165, 1.54) is 0 Å². The number of nitro benzene ring substituents is 2. The van der Waals surface area contributed by atoms with Gasteiger partial charge in [-0.2, -0.15) is 0 Å². The van der Waals surface area contributed by atoms with Gasteiger partial charge in [-0.25, -0.2) is 4.98 Å². The number of carbonyl (C=O) groups is 1. The van der Waals surface area contributed by atoms with Crippen LogP contribution in [-0.4, -0.2) is 25.3 Å². The highest BCUT2D eigenvalue weighted by Crippen LogP contribution is 2.27. The van der Waals surface area contributed by atoms with Crippen LogP contribution in [0.5, 0.6) is 0 Å². The molecule has 154 valence electrons. The second-order valence-corrected chi connectivity index (χ2v) is 6.70. The van der Waals surface area contributed by atoms with E-state index in [1.807, 2.05) is 41.8 Å². The molecule has 10 nitrogen and oxygen atoms in total. The maximum Gasteiger partial charge on any atom is 0.289 e. The number of para-hydroxylation sites is 1. The summed E-state index contributed by atoms with van der Waals surface area (Å²) in [6.45, 7) is 1.87. The van der Waals surface area contributed by atoms with Crippen LogP contribution >= 0.6 is 0 Å². The van der Waals surface area contributed by atoms with Crippen molar-refractivity contribution in [1.82, 2.24) is 9.55 Å². The van der Waals surface area contributed by atoms with E-state index >= 15 is 0 Å². The number of fused-ring (bicyclic) bond motifs is 1. The minimum Gasteiger partial charge on any atom is -0.322 e. The topological polar surface area (TPSA) is 133 Å². The van der Waals surface area contributed by atoms with Gasteiger partial charge >= 0.3 is 0 Å². The zero-order chi connectivity index (χ0) is 22.1. The van der Waals surface area contributed by atoms with Crippen molar-refractivity contribution < 1.29 is 14.6 Å². The van der Waals surface area contributed by atoms with Crippen LogP contribution in [0.15, 0.2) is 66.7 Å². The van der Waals surface area contributed by atoms with Gasteiger partial charge in [-0.1, -0.05) is 18.2 Å². The molecule has 0 saturated carbocycles. The van der Waals surface area contributed by atoms with Crippen molar-refractivity contribution in [3.8, 4) is 5.69 Å². The van der Waals surface area contributed by atoms with E-state index in [0.29, 0.717) is 11.2 Å². The highest BCUT2D eigenvalue weighted by molar-refractivity contribution is 6.07. The summed E-state index contributed by atoms with van der Waals surface area (Å²) < 4.78 is 1.97. The summed E-state index contributed by atoms with van der Waals surface area (Å²) in [5.74, 6) is 0.0100. The Hall–Kier alpha value is -4.60. The van der Waals surface area contributed by atoms with Crippen LogP contribution in [0, 0.1) is 27.2 Å². The number of nitrogens with one attached hydrogen (secondary N) is 1. The normalized spacial score (nSPS) is 10.7. The van der Waals surface area contributed by atoms with Gasteiger partial charge in [0.2, 0.25) is 0 Å². The molecule has 1 N–H and O–H groups in total. The number of carbonyl (C=O) groups excluding carboxylic acids is 1. The van der Waals surface area contributed by atoms with Gasteiger partial charge in [-0.15, -0.1) is 0 Å². The van der Waals surface area contributed by atoms with E-state index in [-0.39, 0.29) is 5.56 Å². The molecule has 0 aliphatic heterocycles. The molecule has 0 spiro atoms. The number of benzene rings is 3. The number of aryl methyl sites for hydroxylation is 1. The number of rotatable bonds is 5. The summed E-state index contributed by atoms with van der Waals surface area (Å²) in [6, 6.07) is 17.7. The molecule has 4 aromatic rings. The van der Waals surface area contributed by atoms with Crippen LogP contribution in [0.3, 0.4) is 0 Å². The van der Waals surface area contributed by atoms with Crippen molar-refractivity contribution in [1.29, 1.82) is 0 Å². The smallest absolute Gasteiger partial charge is 0.289 e. The number of aromatic nitrogens is 2. The summed E-state index contributed by atoms with van der Waals surface area (Å²) in [6.07, 6.45) is 0. The number of nitro groups is 2. The Kier molecular flexibility index (Phi) is 4.88. The molecule has 1 amide bonds. The van der Waals surface area contributed by atoms with E-state index in [4.69, 9.17) is 0 Å². The third kappa shape index (κ3) is 3.69. The summed E-state index contributed by atoms with van der Waals surface area (Å²) in [7, 11) is 0. The molecule has 0 bridgehead atoms. The number of hydrogen-bond acceptors (Lipinski definition) is 6. The van der Waals surface area contributed by atoms with E-state index < -0.39 is 27.1 Å². The molecule has 31 heavy (non-hydrogen) atoms. The Bertz CT molecular complexity index is 1350. The number of non-ortho nitro benzene ring substituents is 1. The average Bonchev–Trinajstić information content (AvgIpc) is 3.08. The fourth-order valence-corrected chi connectivity index (χ4v) is 3.36. The molecular weight excluding hydrogens is 402 g/mol. The van der Waals surface area contributed by atoms with Crippen LogP contribution in [0.1, 0.15) is 16.2 Å². The number of imidazole rings is 1. The highest BCUT2D eigenvalue weighted by atomic mass is 16.6. The lowest BCUT2D eigenvalue weighted by Gasteiger charge is -2.08. The highest BCUT2D eigenvalue weighted by Gasteiger charge is 2.24. The minimum absolute atomic E-state index is 0.276. The fraction of sp³-hybridized carbons (Fsp3) is 0.0476. The quantitative estimate of drug-likeness (QED) is 0.378. The second kappa shape index (κ2) is 7.67. The van der Waals surface area contributed by atoms with E-state index in [1.54, 1.807) is 18.2 Å². The SMILES string of the molecule is Cc1nc2cc(NC(=O)c3ccc([N+](=O)[O-])cc3[N+](=O)[O-])ccc2n1-c1ccccc1. The number of amides is 1. The van der Waals surface area contributed by atoms with Crippen molar-refractivity contribution in [2.24, 2.45) is 0 Å². The molecule has 0 unspecified atom stereocenters. The molecule has 0 aliphatic carbocycles. The van der Waals surface area contributed by atoms with Crippen molar-refractivity contribution in [2.45, 2.75) is 6.92 Å². The Morgan fingerprint density at radius 3 is 2.39 bits per heavy atom. The molecule has 0 saturated heterocycles. The zero-order valence-corrected chi connectivity index (χ0v) is 16.2. The molecule has 0 fully saturated rings. The van der Waals surface area contributed by atoms with Gasteiger partial charge in [-0.3, -0.25) is 29.6 Å². The number of nitrogens with zero attached hydrogens (tertiary/aromatic N) is 4. The van der Waals surface area contributed by atoms with Crippen LogP contribution in [0.4, 0.5) is 17.1 Å². The van der Waals surface area contributed by atoms with Crippen molar-refractivity contribution >= 4 is 34.0 Å². The lowest BCUT2D eigenvalue weighted by Crippen LogP contribution is -2.14. The summed E-state index contributed by atoms with van der Waals surface area (Å²) in [5, 5.41) is 24.8. The number of hydrogen-bond donors (Lipinski definition) is 1. The summed E-state index contributed by atoms with van der Waals surface area (Å²) in [4.78, 5) is 37.8. The summed E-state index contributed by atoms with van der Waals surface area (Å²) >= 11 is 0. The maximum atomic E-state index is 12.6. The van der Waals surface area contributed by atoms with E-state index in [2.05, 4.69) is 10.3 Å². The first-order valence-electron chi connectivity index (χ1n) is 9.14. The van der Waals surface area contributed by atoms with Gasteiger partial charge in [-0.05, 0) is 43.3 Å². The average molecular weight is 417 g/mol. The zero-order valence-electron chi connectivity index (χ0n) is 16.2. The lowest BCUT2D eigenvalue weighted by atomic mass is 10.1. The van der Waals surface area contributed by atoms with Gasteiger partial charge in [0.25, 0.3) is 17.3 Å². The van der Waals surface area contributed by atoms with Gasteiger partial charge in [0, 0.05) is 17.4 Å². The molecule has 10 heteroatoms. The van der Waals surface area contributed by atoms with Crippen LogP contribution in [0.25, 0.3) is 16.7 Å². The van der Waals surface area contributed by atoms with Crippen LogP contribution in [-0.2, 0) is 0 Å². The third-order valence-electron chi connectivity index (χ3n) is 4.73. The second-order valence-electron chi connectivity index (χ2n) is 6.70. The molecule has 3 aromatic carbocycles. The molecule has 4 rings (SSSR count). The first kappa shape index (κ1) is 19.7. The molecule has 1 aromatic heterocycles. The number of anilines is 1. The van der Waals surface area contributed by atoms with Gasteiger partial charge in [0.15, 0.2) is 0 Å². The Balaban J connectivity index is 1.67. The van der Waals surface area contributed by atoms with Gasteiger partial charge in [0.1, 0.15) is 11.4 Å².